The Morgan fingerprint density at radius 2 is 2.16 bits per heavy atom. The Morgan fingerprint density at radius 3 is 2.84 bits per heavy atom. The monoisotopic (exact) mass is 264 g/mol. The van der Waals surface area contributed by atoms with Crippen LogP contribution < -0.4 is 5.32 Å². The second kappa shape index (κ2) is 7.06. The maximum Gasteiger partial charge on any atom is 0.0597 e. The van der Waals surface area contributed by atoms with E-state index in [-0.39, 0.29) is 0 Å². The zero-order valence-electron chi connectivity index (χ0n) is 12.7. The molecule has 0 amide bonds. The summed E-state index contributed by atoms with van der Waals surface area (Å²) in [6.45, 7) is 8.28. The summed E-state index contributed by atoms with van der Waals surface area (Å²) in [7, 11) is 2.26. The summed E-state index contributed by atoms with van der Waals surface area (Å²) in [5, 5.41) is 8.01. The molecular weight excluding hydrogens is 236 g/mol. The second-order valence-corrected chi connectivity index (χ2v) is 5.69. The first-order chi connectivity index (χ1) is 9.20. The summed E-state index contributed by atoms with van der Waals surface area (Å²) in [6, 6.07) is 3.00. The van der Waals surface area contributed by atoms with Crippen molar-refractivity contribution in [2.75, 3.05) is 20.1 Å². The maximum absolute atomic E-state index is 4.47. The molecule has 2 rings (SSSR count). The molecule has 1 aliphatic rings. The van der Waals surface area contributed by atoms with Gasteiger partial charge in [-0.2, -0.15) is 5.10 Å². The second-order valence-electron chi connectivity index (χ2n) is 5.69. The Kier molecular flexibility index (Phi) is 5.40. The van der Waals surface area contributed by atoms with E-state index < -0.39 is 0 Å². The van der Waals surface area contributed by atoms with Gasteiger partial charge >= 0.3 is 0 Å². The van der Waals surface area contributed by atoms with Crippen molar-refractivity contribution in [1.29, 1.82) is 0 Å². The highest BCUT2D eigenvalue weighted by atomic mass is 15.3. The van der Waals surface area contributed by atoms with E-state index in [2.05, 4.69) is 47.0 Å². The number of nitrogens with one attached hydrogen (secondary N) is 1. The fourth-order valence-electron chi connectivity index (χ4n) is 3.01. The number of aromatic nitrogens is 2. The van der Waals surface area contributed by atoms with Crippen LogP contribution >= 0.6 is 0 Å². The Balaban J connectivity index is 1.68. The molecule has 1 aliphatic carbocycles. The van der Waals surface area contributed by atoms with Crippen LogP contribution in [0.2, 0.25) is 0 Å². The molecule has 0 aromatic carbocycles. The molecule has 1 heterocycles. The van der Waals surface area contributed by atoms with Crippen LogP contribution in [0, 0.1) is 6.92 Å². The van der Waals surface area contributed by atoms with Gasteiger partial charge in [0.2, 0.25) is 0 Å². The van der Waals surface area contributed by atoms with E-state index in [0.29, 0.717) is 0 Å². The van der Waals surface area contributed by atoms with Gasteiger partial charge in [0.25, 0.3) is 0 Å². The molecule has 0 radical (unpaired) electrons. The summed E-state index contributed by atoms with van der Waals surface area (Å²) in [6.07, 6.45) is 5.60. The lowest BCUT2D eigenvalue weighted by Crippen LogP contribution is -2.35. The van der Waals surface area contributed by atoms with Crippen LogP contribution in [0.3, 0.4) is 0 Å². The van der Waals surface area contributed by atoms with E-state index in [1.165, 1.54) is 31.4 Å². The third kappa shape index (κ3) is 4.05. The van der Waals surface area contributed by atoms with Crippen LogP contribution in [0.25, 0.3) is 0 Å². The summed E-state index contributed by atoms with van der Waals surface area (Å²) >= 11 is 0. The molecule has 0 aliphatic heterocycles. The van der Waals surface area contributed by atoms with E-state index in [0.717, 1.165) is 37.9 Å². The van der Waals surface area contributed by atoms with Gasteiger partial charge in [-0.05, 0) is 39.8 Å². The van der Waals surface area contributed by atoms with Crippen LogP contribution in [-0.4, -0.2) is 40.9 Å². The zero-order chi connectivity index (χ0) is 13.7. The molecule has 0 bridgehead atoms. The predicted octanol–water partition coefficient (Wildman–Crippen LogP) is 2.18. The molecule has 108 valence electrons. The van der Waals surface area contributed by atoms with Gasteiger partial charge in [0.1, 0.15) is 0 Å². The molecule has 0 spiro atoms. The van der Waals surface area contributed by atoms with E-state index in [1.54, 1.807) is 0 Å². The van der Waals surface area contributed by atoms with Crippen LogP contribution in [0.15, 0.2) is 6.07 Å². The Morgan fingerprint density at radius 1 is 1.42 bits per heavy atom. The smallest absolute Gasteiger partial charge is 0.0597 e. The molecule has 19 heavy (non-hydrogen) atoms. The number of hydrogen-bond acceptors (Lipinski definition) is 3. The van der Waals surface area contributed by atoms with Crippen molar-refractivity contribution in [2.45, 2.75) is 58.7 Å². The molecule has 1 N–H and O–H groups in total. The van der Waals surface area contributed by atoms with Gasteiger partial charge in [0, 0.05) is 32.2 Å². The van der Waals surface area contributed by atoms with Crippen LogP contribution in [0.1, 0.15) is 44.0 Å². The first kappa shape index (κ1) is 14.5. The molecule has 0 unspecified atom stereocenters. The lowest BCUT2D eigenvalue weighted by Gasteiger charge is -2.24. The van der Waals surface area contributed by atoms with Gasteiger partial charge < -0.3 is 10.2 Å². The lowest BCUT2D eigenvalue weighted by atomic mass is 10.2. The molecule has 1 fully saturated rings. The Hall–Kier alpha value is -0.870. The first-order valence-corrected chi connectivity index (χ1v) is 7.65. The average Bonchev–Trinajstić information content (AvgIpc) is 3.03. The van der Waals surface area contributed by atoms with Gasteiger partial charge in [-0.25, -0.2) is 0 Å². The van der Waals surface area contributed by atoms with Crippen LogP contribution in [0.4, 0.5) is 0 Å². The van der Waals surface area contributed by atoms with Crippen molar-refractivity contribution in [3.8, 4) is 0 Å². The number of nitrogens with zero attached hydrogens (tertiary/aromatic N) is 3. The standard InChI is InChI=1S/C15H28N4/c1-4-19-15(11-13(2)17-19)12-16-9-10-18(3)14-7-5-6-8-14/h11,14,16H,4-10,12H2,1-3H3. The van der Waals surface area contributed by atoms with Crippen molar-refractivity contribution in [2.24, 2.45) is 0 Å². The van der Waals surface area contributed by atoms with Gasteiger partial charge in [0.15, 0.2) is 0 Å². The fraction of sp³-hybridized carbons (Fsp3) is 0.800. The predicted molar refractivity (Wildman–Crippen MR) is 79.2 cm³/mol. The summed E-state index contributed by atoms with van der Waals surface area (Å²) < 4.78 is 2.09. The third-order valence-electron chi connectivity index (χ3n) is 4.18. The SMILES string of the molecule is CCn1nc(C)cc1CNCCN(C)C1CCCC1. The summed E-state index contributed by atoms with van der Waals surface area (Å²) in [4.78, 5) is 2.52. The fourth-order valence-corrected chi connectivity index (χ4v) is 3.01. The molecule has 4 heteroatoms. The van der Waals surface area contributed by atoms with Crippen molar-refractivity contribution >= 4 is 0 Å². The van der Waals surface area contributed by atoms with E-state index in [1.807, 2.05) is 0 Å². The van der Waals surface area contributed by atoms with Gasteiger partial charge in [-0.1, -0.05) is 12.8 Å². The van der Waals surface area contributed by atoms with Gasteiger partial charge in [-0.3, -0.25) is 4.68 Å². The number of likely N-dealkylation sites (N-methyl/N-ethyl adjacent to an activating group) is 1. The summed E-state index contributed by atoms with van der Waals surface area (Å²) in [5.41, 5.74) is 2.41. The number of hydrogen-bond donors (Lipinski definition) is 1. The highest BCUT2D eigenvalue weighted by Crippen LogP contribution is 2.21. The average molecular weight is 264 g/mol. The number of rotatable bonds is 7. The minimum atomic E-state index is 0.824. The number of aryl methyl sites for hydroxylation is 2. The normalized spacial score (nSPS) is 16.6. The van der Waals surface area contributed by atoms with Crippen LogP contribution in [0.5, 0.6) is 0 Å². The molecule has 4 nitrogen and oxygen atoms in total. The molecular formula is C15H28N4. The zero-order valence-corrected chi connectivity index (χ0v) is 12.7. The maximum atomic E-state index is 4.47. The molecule has 1 aromatic rings. The minimum Gasteiger partial charge on any atom is -0.310 e. The van der Waals surface area contributed by atoms with E-state index in [4.69, 9.17) is 0 Å². The minimum absolute atomic E-state index is 0.824. The van der Waals surface area contributed by atoms with Gasteiger partial charge in [0.05, 0.1) is 11.4 Å². The highest BCUT2D eigenvalue weighted by Gasteiger charge is 2.18. The van der Waals surface area contributed by atoms with E-state index >= 15 is 0 Å². The van der Waals surface area contributed by atoms with Crippen molar-refractivity contribution in [3.05, 3.63) is 17.5 Å². The topological polar surface area (TPSA) is 33.1 Å². The third-order valence-corrected chi connectivity index (χ3v) is 4.18. The Labute approximate surface area is 117 Å². The summed E-state index contributed by atoms with van der Waals surface area (Å²) in [5.74, 6) is 0. The molecule has 0 saturated heterocycles. The Bertz CT molecular complexity index is 379. The molecule has 0 atom stereocenters. The van der Waals surface area contributed by atoms with Crippen molar-refractivity contribution in [1.82, 2.24) is 20.0 Å². The first-order valence-electron chi connectivity index (χ1n) is 7.65. The quantitative estimate of drug-likeness (QED) is 0.766. The lowest BCUT2D eigenvalue weighted by molar-refractivity contribution is 0.245. The molecule has 1 saturated carbocycles. The van der Waals surface area contributed by atoms with Crippen LogP contribution in [-0.2, 0) is 13.1 Å². The largest absolute Gasteiger partial charge is 0.310 e. The van der Waals surface area contributed by atoms with E-state index in [9.17, 15) is 0 Å². The van der Waals surface area contributed by atoms with Gasteiger partial charge in [-0.15, -0.1) is 0 Å². The van der Waals surface area contributed by atoms with Crippen molar-refractivity contribution < 1.29 is 0 Å². The van der Waals surface area contributed by atoms with Crippen molar-refractivity contribution in [3.63, 3.8) is 0 Å². The highest BCUT2D eigenvalue weighted by molar-refractivity contribution is 5.08. The molecule has 1 aromatic heterocycles.